The van der Waals surface area contributed by atoms with Gasteiger partial charge in [-0.2, -0.15) is 0 Å². The molecule has 0 amide bonds. The number of methoxy groups -OCH3 is 1. The molecule has 18 heavy (non-hydrogen) atoms. The van der Waals surface area contributed by atoms with Crippen molar-refractivity contribution in [3.63, 3.8) is 0 Å². The van der Waals surface area contributed by atoms with Gasteiger partial charge in [0.15, 0.2) is 5.82 Å². The quantitative estimate of drug-likeness (QED) is 0.766. The van der Waals surface area contributed by atoms with Gasteiger partial charge >= 0.3 is 0 Å². The molecule has 0 aliphatic rings. The molecule has 2 heterocycles. The third-order valence-electron chi connectivity index (χ3n) is 2.66. The summed E-state index contributed by atoms with van der Waals surface area (Å²) in [6.07, 6.45) is 0. The molecule has 90 valence electrons. The summed E-state index contributed by atoms with van der Waals surface area (Å²) < 4.78 is 5.16. The van der Waals surface area contributed by atoms with Crippen LogP contribution in [0, 0.1) is 0 Å². The van der Waals surface area contributed by atoms with Crippen LogP contribution in [0.3, 0.4) is 0 Å². The molecule has 0 atom stereocenters. The number of nitrogens with zero attached hydrogens (tertiary/aromatic N) is 2. The second kappa shape index (κ2) is 4.27. The average molecular weight is 257 g/mol. The third-order valence-corrected chi connectivity index (χ3v) is 3.57. The number of nitrogens with two attached hydrogens (primary N) is 1. The van der Waals surface area contributed by atoms with Crippen LogP contribution < -0.4 is 10.5 Å². The van der Waals surface area contributed by atoms with Gasteiger partial charge in [-0.05, 0) is 12.1 Å². The second-order valence-corrected chi connectivity index (χ2v) is 4.71. The number of hydrogen-bond donors (Lipinski definition) is 1. The Balaban J connectivity index is 2.18. The number of rotatable bonds is 2. The molecule has 0 bridgehead atoms. The van der Waals surface area contributed by atoms with Crippen LogP contribution in [0.5, 0.6) is 5.75 Å². The van der Waals surface area contributed by atoms with Crippen molar-refractivity contribution in [3.05, 3.63) is 35.7 Å². The first kappa shape index (κ1) is 11.0. The molecule has 0 aliphatic carbocycles. The lowest BCUT2D eigenvalue weighted by Crippen LogP contribution is -1.96. The van der Waals surface area contributed by atoms with Crippen molar-refractivity contribution in [1.82, 2.24) is 9.97 Å². The standard InChI is InChI=1S/C13H11N3OS/c1-17-8-6-11(18-7-8)13-15-10-5-3-2-4-9(10)12(14)16-13/h2-7H,1H3,(H2,14,15,16). The fourth-order valence-electron chi connectivity index (χ4n) is 1.75. The van der Waals surface area contributed by atoms with Crippen LogP contribution in [0.25, 0.3) is 21.6 Å². The summed E-state index contributed by atoms with van der Waals surface area (Å²) in [4.78, 5) is 9.81. The first-order valence-electron chi connectivity index (χ1n) is 5.43. The Morgan fingerprint density at radius 1 is 1.22 bits per heavy atom. The normalized spacial score (nSPS) is 10.7. The van der Waals surface area contributed by atoms with E-state index < -0.39 is 0 Å². The monoisotopic (exact) mass is 257 g/mol. The van der Waals surface area contributed by atoms with E-state index in [-0.39, 0.29) is 0 Å². The maximum Gasteiger partial charge on any atom is 0.172 e. The zero-order valence-electron chi connectivity index (χ0n) is 9.75. The van der Waals surface area contributed by atoms with Crippen LogP contribution in [0.2, 0.25) is 0 Å². The van der Waals surface area contributed by atoms with Gasteiger partial charge in [0.25, 0.3) is 0 Å². The second-order valence-electron chi connectivity index (χ2n) is 3.80. The molecule has 4 nitrogen and oxygen atoms in total. The van der Waals surface area contributed by atoms with E-state index in [1.165, 1.54) is 11.3 Å². The molecule has 2 aromatic heterocycles. The van der Waals surface area contributed by atoms with Crippen molar-refractivity contribution in [3.8, 4) is 16.5 Å². The highest BCUT2D eigenvalue weighted by atomic mass is 32.1. The van der Waals surface area contributed by atoms with Gasteiger partial charge in [-0.15, -0.1) is 11.3 Å². The molecule has 3 aromatic rings. The molecular formula is C13H11N3OS. The van der Waals surface area contributed by atoms with Crippen molar-refractivity contribution in [2.75, 3.05) is 12.8 Å². The molecule has 0 spiro atoms. The van der Waals surface area contributed by atoms with Gasteiger partial charge in [0, 0.05) is 16.8 Å². The van der Waals surface area contributed by atoms with Crippen molar-refractivity contribution >= 4 is 28.1 Å². The highest BCUT2D eigenvalue weighted by Gasteiger charge is 2.09. The summed E-state index contributed by atoms with van der Waals surface area (Å²) in [7, 11) is 1.64. The molecule has 5 heteroatoms. The summed E-state index contributed by atoms with van der Waals surface area (Å²) in [5.74, 6) is 1.95. The minimum absolute atomic E-state index is 0.503. The van der Waals surface area contributed by atoms with E-state index >= 15 is 0 Å². The van der Waals surface area contributed by atoms with Gasteiger partial charge in [-0.25, -0.2) is 9.97 Å². The number of aromatic nitrogens is 2. The van der Waals surface area contributed by atoms with E-state index in [4.69, 9.17) is 10.5 Å². The van der Waals surface area contributed by atoms with Crippen LogP contribution in [0.15, 0.2) is 35.7 Å². The lowest BCUT2D eigenvalue weighted by atomic mass is 10.2. The molecule has 0 saturated heterocycles. The molecule has 0 radical (unpaired) electrons. The number of nitrogen functional groups attached to an aromatic ring is 1. The first-order valence-corrected chi connectivity index (χ1v) is 6.31. The number of thiophene rings is 1. The minimum atomic E-state index is 0.503. The van der Waals surface area contributed by atoms with E-state index in [0.29, 0.717) is 11.6 Å². The maximum atomic E-state index is 5.96. The zero-order chi connectivity index (χ0) is 12.5. The van der Waals surface area contributed by atoms with Gasteiger partial charge in [0.05, 0.1) is 17.5 Å². The Hall–Kier alpha value is -2.14. The number of ether oxygens (including phenoxy) is 1. The lowest BCUT2D eigenvalue weighted by molar-refractivity contribution is 0.417. The van der Waals surface area contributed by atoms with E-state index in [1.807, 2.05) is 35.7 Å². The van der Waals surface area contributed by atoms with Gasteiger partial charge in [-0.3, -0.25) is 0 Å². The van der Waals surface area contributed by atoms with Crippen LogP contribution in [-0.4, -0.2) is 17.1 Å². The predicted molar refractivity (Wildman–Crippen MR) is 73.8 cm³/mol. The largest absolute Gasteiger partial charge is 0.496 e. The Bertz CT molecular complexity index is 708. The fraction of sp³-hybridized carbons (Fsp3) is 0.0769. The Labute approximate surface area is 108 Å². The van der Waals surface area contributed by atoms with E-state index in [2.05, 4.69) is 9.97 Å². The van der Waals surface area contributed by atoms with Crippen LogP contribution in [0.4, 0.5) is 5.82 Å². The summed E-state index contributed by atoms with van der Waals surface area (Å²) >= 11 is 1.54. The number of benzene rings is 1. The van der Waals surface area contributed by atoms with E-state index in [0.717, 1.165) is 21.5 Å². The van der Waals surface area contributed by atoms with Crippen LogP contribution in [0.1, 0.15) is 0 Å². The van der Waals surface area contributed by atoms with E-state index in [1.54, 1.807) is 7.11 Å². The zero-order valence-corrected chi connectivity index (χ0v) is 10.6. The average Bonchev–Trinajstić information content (AvgIpc) is 2.87. The predicted octanol–water partition coefficient (Wildman–Crippen LogP) is 2.95. The Morgan fingerprint density at radius 3 is 2.83 bits per heavy atom. The summed E-state index contributed by atoms with van der Waals surface area (Å²) in [6, 6.07) is 9.63. The highest BCUT2D eigenvalue weighted by Crippen LogP contribution is 2.30. The topological polar surface area (TPSA) is 61.0 Å². The maximum absolute atomic E-state index is 5.96. The highest BCUT2D eigenvalue weighted by molar-refractivity contribution is 7.13. The first-order chi connectivity index (χ1) is 8.78. The summed E-state index contributed by atoms with van der Waals surface area (Å²) in [5, 5.41) is 2.80. The number of fused-ring (bicyclic) bond motifs is 1. The number of para-hydroxylation sites is 1. The third kappa shape index (κ3) is 1.78. The lowest BCUT2D eigenvalue weighted by Gasteiger charge is -2.03. The van der Waals surface area contributed by atoms with Gasteiger partial charge in [0.1, 0.15) is 11.6 Å². The SMILES string of the molecule is COc1csc(-c2nc(N)c3ccccc3n2)c1. The Kier molecular flexibility index (Phi) is 2.60. The van der Waals surface area contributed by atoms with E-state index in [9.17, 15) is 0 Å². The van der Waals surface area contributed by atoms with Crippen molar-refractivity contribution in [2.45, 2.75) is 0 Å². The molecular weight excluding hydrogens is 246 g/mol. The molecule has 1 aromatic carbocycles. The Morgan fingerprint density at radius 2 is 2.06 bits per heavy atom. The smallest absolute Gasteiger partial charge is 0.172 e. The molecule has 3 rings (SSSR count). The number of anilines is 1. The van der Waals surface area contributed by atoms with Crippen LogP contribution in [-0.2, 0) is 0 Å². The van der Waals surface area contributed by atoms with Crippen LogP contribution >= 0.6 is 11.3 Å². The van der Waals surface area contributed by atoms with Crippen molar-refractivity contribution in [2.24, 2.45) is 0 Å². The summed E-state index contributed by atoms with van der Waals surface area (Å²) in [5.41, 5.74) is 6.81. The fourth-order valence-corrected chi connectivity index (χ4v) is 2.54. The minimum Gasteiger partial charge on any atom is -0.496 e. The van der Waals surface area contributed by atoms with Crippen molar-refractivity contribution < 1.29 is 4.74 Å². The molecule has 0 unspecified atom stereocenters. The van der Waals surface area contributed by atoms with Gasteiger partial charge in [0.2, 0.25) is 0 Å². The molecule has 0 aliphatic heterocycles. The number of hydrogen-bond acceptors (Lipinski definition) is 5. The molecule has 0 saturated carbocycles. The molecule has 2 N–H and O–H groups in total. The molecule has 0 fully saturated rings. The summed E-state index contributed by atoms with van der Waals surface area (Å²) in [6.45, 7) is 0. The van der Waals surface area contributed by atoms with Gasteiger partial charge in [-0.1, -0.05) is 12.1 Å². The van der Waals surface area contributed by atoms with Gasteiger partial charge < -0.3 is 10.5 Å². The van der Waals surface area contributed by atoms with Crippen molar-refractivity contribution in [1.29, 1.82) is 0 Å².